The molecule has 0 aliphatic heterocycles. The summed E-state index contributed by atoms with van der Waals surface area (Å²) in [5, 5.41) is 0.788. The van der Waals surface area contributed by atoms with E-state index in [9.17, 15) is 9.59 Å². The third-order valence-corrected chi connectivity index (χ3v) is 3.39. The standard InChI is InChI=1S/C13H10N4O2S/c1-20-12-14-7-9-10(15-12)16-13(19)17(11(9)18)8-5-3-2-4-6-8/h2-7H,1H3,(H,14,15,16,19). The van der Waals surface area contributed by atoms with Crippen molar-refractivity contribution in [2.45, 2.75) is 5.16 Å². The summed E-state index contributed by atoms with van der Waals surface area (Å²) in [4.78, 5) is 35.3. The molecule has 1 aromatic carbocycles. The average Bonchev–Trinajstić information content (AvgIpc) is 2.47. The van der Waals surface area contributed by atoms with E-state index < -0.39 is 11.2 Å². The molecule has 0 aliphatic carbocycles. The highest BCUT2D eigenvalue weighted by Gasteiger charge is 2.11. The quantitative estimate of drug-likeness (QED) is 0.565. The van der Waals surface area contributed by atoms with Gasteiger partial charge in [0.1, 0.15) is 5.39 Å². The van der Waals surface area contributed by atoms with Gasteiger partial charge in [-0.15, -0.1) is 0 Å². The zero-order valence-electron chi connectivity index (χ0n) is 10.5. The number of aromatic nitrogens is 4. The number of para-hydroxylation sites is 1. The van der Waals surface area contributed by atoms with E-state index >= 15 is 0 Å². The van der Waals surface area contributed by atoms with Crippen LogP contribution in [0.3, 0.4) is 0 Å². The monoisotopic (exact) mass is 286 g/mol. The fourth-order valence-electron chi connectivity index (χ4n) is 1.90. The third kappa shape index (κ3) is 2.01. The molecule has 20 heavy (non-hydrogen) atoms. The van der Waals surface area contributed by atoms with E-state index in [4.69, 9.17) is 0 Å². The van der Waals surface area contributed by atoms with E-state index in [0.717, 1.165) is 4.57 Å². The van der Waals surface area contributed by atoms with Gasteiger partial charge < -0.3 is 0 Å². The molecule has 0 bridgehead atoms. The van der Waals surface area contributed by atoms with Crippen molar-refractivity contribution in [2.24, 2.45) is 0 Å². The van der Waals surface area contributed by atoms with Gasteiger partial charge in [-0.3, -0.25) is 9.78 Å². The van der Waals surface area contributed by atoms with Gasteiger partial charge in [-0.05, 0) is 18.4 Å². The van der Waals surface area contributed by atoms with Gasteiger partial charge >= 0.3 is 5.69 Å². The molecule has 1 N–H and O–H groups in total. The van der Waals surface area contributed by atoms with Crippen molar-refractivity contribution in [1.82, 2.24) is 19.5 Å². The molecule has 0 saturated heterocycles. The second-order valence-corrected chi connectivity index (χ2v) is 4.80. The second kappa shape index (κ2) is 4.93. The van der Waals surface area contributed by atoms with E-state index in [1.807, 2.05) is 12.3 Å². The Hall–Kier alpha value is -2.41. The smallest absolute Gasteiger partial charge is 0.291 e. The normalized spacial score (nSPS) is 10.8. The number of hydrogen-bond donors (Lipinski definition) is 1. The van der Waals surface area contributed by atoms with Crippen LogP contribution in [0.15, 0.2) is 51.3 Å². The van der Waals surface area contributed by atoms with Crippen molar-refractivity contribution in [1.29, 1.82) is 0 Å². The summed E-state index contributed by atoms with van der Waals surface area (Å²) in [7, 11) is 0. The molecule has 0 amide bonds. The first-order chi connectivity index (χ1) is 9.70. The number of H-pyrrole nitrogens is 1. The first-order valence-corrected chi connectivity index (χ1v) is 7.04. The van der Waals surface area contributed by atoms with Crippen LogP contribution in [0.25, 0.3) is 16.7 Å². The Balaban J connectivity index is 2.36. The van der Waals surface area contributed by atoms with Crippen LogP contribution in [-0.2, 0) is 0 Å². The highest BCUT2D eigenvalue weighted by atomic mass is 32.2. The summed E-state index contributed by atoms with van der Waals surface area (Å²) < 4.78 is 1.07. The number of nitrogens with one attached hydrogen (secondary N) is 1. The minimum absolute atomic E-state index is 0.256. The molecular formula is C13H10N4O2S. The maximum Gasteiger partial charge on any atom is 0.334 e. The average molecular weight is 286 g/mol. The van der Waals surface area contributed by atoms with E-state index in [0.29, 0.717) is 10.8 Å². The van der Waals surface area contributed by atoms with Gasteiger partial charge in [-0.2, -0.15) is 0 Å². The Kier molecular flexibility index (Phi) is 3.11. The lowest BCUT2D eigenvalue weighted by Crippen LogP contribution is -2.34. The Morgan fingerprint density at radius 1 is 1.20 bits per heavy atom. The SMILES string of the molecule is CSc1ncc2c(=O)n(-c3ccccc3)c(=O)[nH]c2n1. The molecule has 0 spiro atoms. The first-order valence-electron chi connectivity index (χ1n) is 5.82. The summed E-state index contributed by atoms with van der Waals surface area (Å²) in [6.45, 7) is 0. The van der Waals surface area contributed by atoms with Gasteiger partial charge in [0.15, 0.2) is 10.8 Å². The zero-order valence-corrected chi connectivity index (χ0v) is 11.3. The Morgan fingerprint density at radius 2 is 1.95 bits per heavy atom. The maximum absolute atomic E-state index is 12.4. The number of benzene rings is 1. The summed E-state index contributed by atoms with van der Waals surface area (Å²) in [5.41, 5.74) is -0.178. The number of thioether (sulfide) groups is 1. The largest absolute Gasteiger partial charge is 0.334 e. The van der Waals surface area contributed by atoms with E-state index in [1.54, 1.807) is 24.3 Å². The molecule has 0 fully saturated rings. The molecule has 0 atom stereocenters. The van der Waals surface area contributed by atoms with Crippen molar-refractivity contribution in [3.63, 3.8) is 0 Å². The van der Waals surface area contributed by atoms with Gasteiger partial charge in [-0.1, -0.05) is 30.0 Å². The van der Waals surface area contributed by atoms with Crippen molar-refractivity contribution in [3.8, 4) is 5.69 Å². The zero-order chi connectivity index (χ0) is 14.1. The van der Waals surface area contributed by atoms with Crippen LogP contribution in [0.1, 0.15) is 0 Å². The highest BCUT2D eigenvalue weighted by Crippen LogP contribution is 2.10. The second-order valence-electron chi connectivity index (χ2n) is 4.03. The topological polar surface area (TPSA) is 80.6 Å². The van der Waals surface area contributed by atoms with E-state index in [-0.39, 0.29) is 11.0 Å². The molecule has 0 unspecified atom stereocenters. The molecule has 3 aromatic rings. The number of fused-ring (bicyclic) bond motifs is 1. The van der Waals surface area contributed by atoms with Crippen molar-refractivity contribution >= 4 is 22.8 Å². The molecule has 2 aromatic heterocycles. The summed E-state index contributed by atoms with van der Waals surface area (Å²) in [6.07, 6.45) is 3.26. The van der Waals surface area contributed by atoms with Crippen LogP contribution >= 0.6 is 11.8 Å². The van der Waals surface area contributed by atoms with Gasteiger partial charge in [0.25, 0.3) is 5.56 Å². The van der Waals surface area contributed by atoms with Gasteiger partial charge in [0.2, 0.25) is 0 Å². The lowest BCUT2D eigenvalue weighted by Gasteiger charge is -2.05. The van der Waals surface area contributed by atoms with Crippen LogP contribution < -0.4 is 11.2 Å². The Bertz CT molecular complexity index is 886. The fourth-order valence-corrected chi connectivity index (χ4v) is 2.24. The molecule has 0 radical (unpaired) electrons. The van der Waals surface area contributed by atoms with Crippen LogP contribution in [0, 0.1) is 0 Å². The van der Waals surface area contributed by atoms with Crippen molar-refractivity contribution in [2.75, 3.05) is 6.26 Å². The molecule has 6 nitrogen and oxygen atoms in total. The molecule has 2 heterocycles. The van der Waals surface area contributed by atoms with Gasteiger partial charge in [-0.25, -0.2) is 19.3 Å². The molecule has 0 saturated carbocycles. The molecule has 7 heteroatoms. The van der Waals surface area contributed by atoms with E-state index in [1.165, 1.54) is 18.0 Å². The Morgan fingerprint density at radius 3 is 2.65 bits per heavy atom. The van der Waals surface area contributed by atoms with Crippen molar-refractivity contribution < 1.29 is 0 Å². The molecule has 100 valence electrons. The van der Waals surface area contributed by atoms with Crippen LogP contribution in [-0.4, -0.2) is 25.8 Å². The Labute approximate surface area is 117 Å². The summed E-state index contributed by atoms with van der Waals surface area (Å²) >= 11 is 1.34. The molecule has 0 aliphatic rings. The van der Waals surface area contributed by atoms with Crippen LogP contribution in [0.5, 0.6) is 0 Å². The number of nitrogens with zero attached hydrogens (tertiary/aromatic N) is 3. The van der Waals surface area contributed by atoms with Gasteiger partial charge in [0.05, 0.1) is 5.69 Å². The minimum Gasteiger partial charge on any atom is -0.291 e. The fraction of sp³-hybridized carbons (Fsp3) is 0.0769. The number of rotatable bonds is 2. The minimum atomic E-state index is -0.514. The highest BCUT2D eigenvalue weighted by molar-refractivity contribution is 7.98. The number of aromatic amines is 1. The first kappa shape index (κ1) is 12.6. The lowest BCUT2D eigenvalue weighted by atomic mass is 10.3. The maximum atomic E-state index is 12.4. The van der Waals surface area contributed by atoms with Crippen molar-refractivity contribution in [3.05, 3.63) is 57.4 Å². The van der Waals surface area contributed by atoms with Crippen LogP contribution in [0.2, 0.25) is 0 Å². The van der Waals surface area contributed by atoms with Gasteiger partial charge in [0, 0.05) is 6.20 Å². The predicted molar refractivity (Wildman–Crippen MR) is 77.5 cm³/mol. The third-order valence-electron chi connectivity index (χ3n) is 2.83. The summed E-state index contributed by atoms with van der Waals surface area (Å²) in [6, 6.07) is 8.73. The number of hydrogen-bond acceptors (Lipinski definition) is 5. The molecule has 3 rings (SSSR count). The predicted octanol–water partition coefficient (Wildman–Crippen LogP) is 1.19. The lowest BCUT2D eigenvalue weighted by molar-refractivity contribution is 0.878. The summed E-state index contributed by atoms with van der Waals surface area (Å²) in [5.74, 6) is 0. The van der Waals surface area contributed by atoms with E-state index in [2.05, 4.69) is 15.0 Å². The van der Waals surface area contributed by atoms with Crippen LogP contribution in [0.4, 0.5) is 0 Å². The molecular weight excluding hydrogens is 276 g/mol.